The van der Waals surface area contributed by atoms with Gasteiger partial charge in [-0.05, 0) is 66.5 Å². The van der Waals surface area contributed by atoms with Crippen molar-refractivity contribution in [3.8, 4) is 0 Å². The molecule has 186 valence electrons. The van der Waals surface area contributed by atoms with Gasteiger partial charge in [0, 0.05) is 30.8 Å². The van der Waals surface area contributed by atoms with Crippen LogP contribution in [0.5, 0.6) is 0 Å². The smallest absolute Gasteiger partial charge is 0.149 e. The molecule has 3 aliphatic rings. The summed E-state index contributed by atoms with van der Waals surface area (Å²) in [4.78, 5) is 14.3. The molecular weight excluding hydrogens is 460 g/mol. The lowest BCUT2D eigenvalue weighted by molar-refractivity contribution is 0.536. The quantitative estimate of drug-likeness (QED) is 0.305. The topological polar surface area (TPSA) is 119 Å². The van der Waals surface area contributed by atoms with Crippen LogP contribution in [0, 0.1) is 5.41 Å². The third-order valence-corrected chi connectivity index (χ3v) is 8.11. The number of allylic oxidation sites excluding steroid dienone is 2. The molecule has 1 spiro atoms. The molecule has 0 radical (unpaired) electrons. The number of benzene rings is 1. The average Bonchev–Trinajstić information content (AvgIpc) is 3.36. The van der Waals surface area contributed by atoms with Crippen LogP contribution < -0.4 is 22.1 Å². The molecule has 2 aliphatic carbocycles. The molecule has 0 bridgehead atoms. The van der Waals surface area contributed by atoms with Crippen molar-refractivity contribution in [2.45, 2.75) is 37.3 Å². The molecular formula is C29H30N8. The van der Waals surface area contributed by atoms with Gasteiger partial charge in [-0.25, -0.2) is 15.0 Å². The van der Waals surface area contributed by atoms with E-state index in [-0.39, 0.29) is 6.04 Å². The largest absolute Gasteiger partial charge is 0.399 e. The summed E-state index contributed by atoms with van der Waals surface area (Å²) in [6.07, 6.45) is 16.5. The molecule has 1 saturated heterocycles. The van der Waals surface area contributed by atoms with Gasteiger partial charge in [0.25, 0.3) is 0 Å². The molecule has 1 saturated carbocycles. The number of nitrogens with one attached hydrogen (secondary N) is 2. The Morgan fingerprint density at radius 1 is 1.03 bits per heavy atom. The van der Waals surface area contributed by atoms with Crippen molar-refractivity contribution in [3.63, 3.8) is 0 Å². The van der Waals surface area contributed by atoms with Crippen LogP contribution in [0.2, 0.25) is 0 Å². The van der Waals surface area contributed by atoms with Crippen LogP contribution in [0.15, 0.2) is 79.3 Å². The molecule has 8 nitrogen and oxygen atoms in total. The van der Waals surface area contributed by atoms with Gasteiger partial charge < -0.3 is 22.1 Å². The van der Waals surface area contributed by atoms with Gasteiger partial charge in [0.05, 0.1) is 6.04 Å². The first-order valence-corrected chi connectivity index (χ1v) is 12.9. The van der Waals surface area contributed by atoms with Crippen molar-refractivity contribution in [1.82, 2.24) is 24.7 Å². The Labute approximate surface area is 215 Å². The van der Waals surface area contributed by atoms with Crippen molar-refractivity contribution in [1.29, 1.82) is 0 Å². The van der Waals surface area contributed by atoms with E-state index in [0.29, 0.717) is 17.7 Å². The zero-order valence-corrected chi connectivity index (χ0v) is 20.6. The number of nitrogens with zero attached hydrogens (tertiary/aromatic N) is 4. The van der Waals surface area contributed by atoms with Gasteiger partial charge in [0.2, 0.25) is 0 Å². The highest BCUT2D eigenvalue weighted by Gasteiger charge is 2.50. The molecule has 2 fully saturated rings. The normalized spacial score (nSPS) is 23.9. The first-order valence-electron chi connectivity index (χ1n) is 12.9. The summed E-state index contributed by atoms with van der Waals surface area (Å²) in [7, 11) is 0. The van der Waals surface area contributed by atoms with E-state index in [2.05, 4.69) is 55.4 Å². The summed E-state index contributed by atoms with van der Waals surface area (Å²) in [6, 6.07) is 14.0. The number of pyridine rings is 1. The number of hydrogen-bond donors (Lipinski definition) is 4. The Hall–Kier alpha value is -4.17. The van der Waals surface area contributed by atoms with Crippen molar-refractivity contribution in [3.05, 3.63) is 96.4 Å². The summed E-state index contributed by atoms with van der Waals surface area (Å²) >= 11 is 0. The van der Waals surface area contributed by atoms with Crippen LogP contribution in [0.1, 0.15) is 48.8 Å². The Morgan fingerprint density at radius 2 is 1.89 bits per heavy atom. The van der Waals surface area contributed by atoms with E-state index < -0.39 is 5.54 Å². The minimum absolute atomic E-state index is 0.186. The maximum absolute atomic E-state index is 6.54. The van der Waals surface area contributed by atoms with Crippen molar-refractivity contribution in [2.75, 3.05) is 23.3 Å². The SMILES string of the molecule is Nc1ccc(C2=CC[C@@](Nc3ccccn3)(c3nc(C4CC5(CC5)CN4)n4ccnc(N)c34)C=C2)cc1. The van der Waals surface area contributed by atoms with Gasteiger partial charge in [-0.1, -0.05) is 36.4 Å². The van der Waals surface area contributed by atoms with E-state index in [4.69, 9.17) is 16.5 Å². The highest BCUT2D eigenvalue weighted by molar-refractivity contribution is 5.79. The molecule has 37 heavy (non-hydrogen) atoms. The maximum atomic E-state index is 6.54. The zero-order chi connectivity index (χ0) is 25.0. The Morgan fingerprint density at radius 3 is 2.59 bits per heavy atom. The zero-order valence-electron chi connectivity index (χ0n) is 20.6. The number of hydrogen-bond acceptors (Lipinski definition) is 7. The highest BCUT2D eigenvalue weighted by atomic mass is 15.2. The van der Waals surface area contributed by atoms with E-state index in [1.54, 1.807) is 12.4 Å². The Kier molecular flexibility index (Phi) is 4.87. The molecule has 4 heterocycles. The highest BCUT2D eigenvalue weighted by Crippen LogP contribution is 2.55. The lowest BCUT2D eigenvalue weighted by Gasteiger charge is -2.33. The number of anilines is 3. The molecule has 1 unspecified atom stereocenters. The Bertz CT molecular complexity index is 1530. The van der Waals surface area contributed by atoms with Crippen molar-refractivity contribution < 1.29 is 0 Å². The van der Waals surface area contributed by atoms with Gasteiger partial charge in [0.1, 0.15) is 34.2 Å². The second-order valence-electron chi connectivity index (χ2n) is 10.6. The first-order chi connectivity index (χ1) is 18.0. The van der Waals surface area contributed by atoms with Crippen LogP contribution >= 0.6 is 0 Å². The Balaban J connectivity index is 1.35. The average molecular weight is 491 g/mol. The van der Waals surface area contributed by atoms with Crippen LogP contribution in [-0.4, -0.2) is 25.9 Å². The maximum Gasteiger partial charge on any atom is 0.149 e. The molecule has 4 aromatic rings. The van der Waals surface area contributed by atoms with Gasteiger partial charge in [0.15, 0.2) is 0 Å². The van der Waals surface area contributed by atoms with Crippen LogP contribution in [0.3, 0.4) is 0 Å². The number of imidazole rings is 1. The van der Waals surface area contributed by atoms with E-state index in [1.807, 2.05) is 36.5 Å². The third-order valence-electron chi connectivity index (χ3n) is 8.11. The predicted octanol–water partition coefficient (Wildman–Crippen LogP) is 4.45. The fourth-order valence-corrected chi connectivity index (χ4v) is 5.82. The lowest BCUT2D eigenvalue weighted by Crippen LogP contribution is -2.35. The first kappa shape index (κ1) is 22.1. The minimum Gasteiger partial charge on any atom is -0.399 e. The summed E-state index contributed by atoms with van der Waals surface area (Å²) < 4.78 is 2.13. The second-order valence-corrected chi connectivity index (χ2v) is 10.6. The monoisotopic (exact) mass is 490 g/mol. The lowest BCUT2D eigenvalue weighted by atomic mass is 9.83. The van der Waals surface area contributed by atoms with E-state index >= 15 is 0 Å². The molecule has 7 rings (SSSR count). The fraction of sp³-hybridized carbons (Fsp3) is 0.276. The van der Waals surface area contributed by atoms with Crippen LogP contribution in [0.4, 0.5) is 17.3 Å². The summed E-state index contributed by atoms with van der Waals surface area (Å²) in [6.45, 7) is 1.05. The summed E-state index contributed by atoms with van der Waals surface area (Å²) in [5.41, 5.74) is 17.0. The van der Waals surface area contributed by atoms with E-state index in [0.717, 1.165) is 52.6 Å². The summed E-state index contributed by atoms with van der Waals surface area (Å²) in [5, 5.41) is 7.43. The number of nitrogens with two attached hydrogens (primary N) is 2. The molecule has 1 aromatic carbocycles. The second kappa shape index (κ2) is 8.18. The molecule has 1 aliphatic heterocycles. The fourth-order valence-electron chi connectivity index (χ4n) is 5.82. The molecule has 8 heteroatoms. The van der Waals surface area contributed by atoms with Crippen molar-refractivity contribution in [2.24, 2.45) is 5.41 Å². The predicted molar refractivity (Wildman–Crippen MR) is 147 cm³/mol. The number of aromatic nitrogens is 4. The van der Waals surface area contributed by atoms with Crippen LogP contribution in [0.25, 0.3) is 11.1 Å². The van der Waals surface area contributed by atoms with E-state index in [1.165, 1.54) is 12.8 Å². The standard InChI is InChI=1S/C29H30N8/c30-21-6-4-19(5-7-21)20-8-10-29(11-9-20,36-23-3-1-2-14-32-23)25-24-26(31)33-15-16-37(24)27(35-25)22-17-28(12-13-28)18-34-22/h1-10,14-16,22,34H,11-13,17-18,30H2,(H2,31,33)(H,32,36)/t22?,29-/m1/s1. The van der Waals surface area contributed by atoms with Gasteiger partial charge in [-0.15, -0.1) is 0 Å². The summed E-state index contributed by atoms with van der Waals surface area (Å²) in [5.74, 6) is 2.24. The van der Waals surface area contributed by atoms with Gasteiger partial charge in [-0.2, -0.15) is 0 Å². The molecule has 3 aromatic heterocycles. The molecule has 0 amide bonds. The van der Waals surface area contributed by atoms with Gasteiger partial charge in [-0.3, -0.25) is 4.40 Å². The molecule has 6 N–H and O–H groups in total. The number of nitrogen functional groups attached to an aromatic ring is 2. The number of rotatable bonds is 5. The minimum atomic E-state index is -0.651. The van der Waals surface area contributed by atoms with Crippen molar-refractivity contribution >= 4 is 28.4 Å². The molecule has 2 atom stereocenters. The third kappa shape index (κ3) is 3.76. The van der Waals surface area contributed by atoms with Crippen LogP contribution in [-0.2, 0) is 5.54 Å². The van der Waals surface area contributed by atoms with Gasteiger partial charge >= 0.3 is 0 Å². The number of fused-ring (bicyclic) bond motifs is 1. The van der Waals surface area contributed by atoms with E-state index in [9.17, 15) is 0 Å².